The van der Waals surface area contributed by atoms with Gasteiger partial charge in [-0.15, -0.1) is 0 Å². The molecule has 94 valence electrons. The van der Waals surface area contributed by atoms with Crippen LogP contribution in [0.5, 0.6) is 0 Å². The Balaban J connectivity index is 1.98. The quantitative estimate of drug-likeness (QED) is 0.829. The zero-order valence-corrected chi connectivity index (χ0v) is 9.51. The molecule has 1 aromatic heterocycles. The van der Waals surface area contributed by atoms with E-state index in [-0.39, 0.29) is 11.9 Å². The summed E-state index contributed by atoms with van der Waals surface area (Å²) in [5.74, 6) is 0.164. The Morgan fingerprint density at radius 1 is 1.33 bits per heavy atom. The number of rotatable bonds is 2. The molecule has 0 amide bonds. The van der Waals surface area contributed by atoms with E-state index in [4.69, 9.17) is 4.74 Å². The van der Waals surface area contributed by atoms with Gasteiger partial charge in [0.05, 0.1) is 30.9 Å². The molecule has 0 saturated carbocycles. The van der Waals surface area contributed by atoms with Gasteiger partial charge in [0, 0.05) is 5.39 Å². The second kappa shape index (κ2) is 4.47. The molecule has 2 atom stereocenters. The SMILES string of the molecule is O[C@@H]1COC[C@H]1Nc1ncnc2ccc(F)cc12. The minimum atomic E-state index is -0.580. The number of nitrogens with zero attached hydrogens (tertiary/aromatic N) is 2. The summed E-state index contributed by atoms with van der Waals surface area (Å²) in [6, 6.07) is 4.09. The molecular formula is C12H12FN3O2. The van der Waals surface area contributed by atoms with E-state index in [1.807, 2.05) is 0 Å². The third-order valence-electron chi connectivity index (χ3n) is 2.97. The molecule has 2 N–H and O–H groups in total. The van der Waals surface area contributed by atoms with Crippen molar-refractivity contribution >= 4 is 16.7 Å². The van der Waals surface area contributed by atoms with Gasteiger partial charge in [-0.3, -0.25) is 0 Å². The summed E-state index contributed by atoms with van der Waals surface area (Å²) in [5, 5.41) is 13.3. The molecular weight excluding hydrogens is 237 g/mol. The van der Waals surface area contributed by atoms with Crippen LogP contribution in [0.2, 0.25) is 0 Å². The highest BCUT2D eigenvalue weighted by Crippen LogP contribution is 2.22. The molecule has 1 aliphatic heterocycles. The number of fused-ring (bicyclic) bond motifs is 1. The Morgan fingerprint density at radius 3 is 3.00 bits per heavy atom. The third kappa shape index (κ3) is 2.00. The van der Waals surface area contributed by atoms with Crippen molar-refractivity contribution < 1.29 is 14.2 Å². The molecule has 3 rings (SSSR count). The zero-order chi connectivity index (χ0) is 12.5. The number of anilines is 1. The summed E-state index contributed by atoms with van der Waals surface area (Å²) in [6.45, 7) is 0.705. The van der Waals surface area contributed by atoms with E-state index < -0.39 is 6.10 Å². The molecule has 0 radical (unpaired) electrons. The van der Waals surface area contributed by atoms with Crippen molar-refractivity contribution in [2.45, 2.75) is 12.1 Å². The molecule has 5 nitrogen and oxygen atoms in total. The van der Waals surface area contributed by atoms with Gasteiger partial charge in [0.2, 0.25) is 0 Å². The molecule has 2 heterocycles. The first-order chi connectivity index (χ1) is 8.74. The highest BCUT2D eigenvalue weighted by molar-refractivity contribution is 5.88. The average Bonchev–Trinajstić information content (AvgIpc) is 2.76. The number of halogens is 1. The van der Waals surface area contributed by atoms with E-state index in [2.05, 4.69) is 15.3 Å². The molecule has 2 aromatic rings. The molecule has 1 fully saturated rings. The molecule has 0 bridgehead atoms. The van der Waals surface area contributed by atoms with Crippen molar-refractivity contribution in [1.29, 1.82) is 0 Å². The number of aromatic nitrogens is 2. The topological polar surface area (TPSA) is 67.3 Å². The van der Waals surface area contributed by atoms with Gasteiger partial charge < -0.3 is 15.2 Å². The predicted octanol–water partition coefficient (Wildman–Crippen LogP) is 0.940. The van der Waals surface area contributed by atoms with Crippen LogP contribution in [-0.2, 0) is 4.74 Å². The smallest absolute Gasteiger partial charge is 0.137 e. The Kier molecular flexibility index (Phi) is 2.81. The van der Waals surface area contributed by atoms with Gasteiger partial charge in [-0.05, 0) is 18.2 Å². The van der Waals surface area contributed by atoms with Crippen LogP contribution in [0.1, 0.15) is 0 Å². The maximum Gasteiger partial charge on any atom is 0.137 e. The minimum absolute atomic E-state index is 0.230. The monoisotopic (exact) mass is 249 g/mol. The summed E-state index contributed by atoms with van der Waals surface area (Å²) < 4.78 is 18.4. The first-order valence-electron chi connectivity index (χ1n) is 5.66. The molecule has 0 spiro atoms. The van der Waals surface area contributed by atoms with Gasteiger partial charge in [0.15, 0.2) is 0 Å². The number of ether oxygens (including phenoxy) is 1. The van der Waals surface area contributed by atoms with Crippen LogP contribution in [0.15, 0.2) is 24.5 Å². The maximum atomic E-state index is 13.2. The van der Waals surface area contributed by atoms with Gasteiger partial charge in [0.25, 0.3) is 0 Å². The highest BCUT2D eigenvalue weighted by Gasteiger charge is 2.26. The highest BCUT2D eigenvalue weighted by atomic mass is 19.1. The van der Waals surface area contributed by atoms with Crippen molar-refractivity contribution in [2.75, 3.05) is 18.5 Å². The van der Waals surface area contributed by atoms with Crippen LogP contribution < -0.4 is 5.32 Å². The van der Waals surface area contributed by atoms with Crippen LogP contribution >= 0.6 is 0 Å². The van der Waals surface area contributed by atoms with Gasteiger partial charge in [0.1, 0.15) is 18.0 Å². The van der Waals surface area contributed by atoms with Crippen molar-refractivity contribution in [3.63, 3.8) is 0 Å². The molecule has 6 heteroatoms. The molecule has 18 heavy (non-hydrogen) atoms. The summed E-state index contributed by atoms with van der Waals surface area (Å²) in [7, 11) is 0. The number of aliphatic hydroxyl groups is 1. The average molecular weight is 249 g/mol. The van der Waals surface area contributed by atoms with E-state index in [1.165, 1.54) is 18.5 Å². The van der Waals surface area contributed by atoms with Crippen LogP contribution in [-0.4, -0.2) is 40.4 Å². The van der Waals surface area contributed by atoms with E-state index in [9.17, 15) is 9.50 Å². The Labute approximate surface area is 103 Å². The lowest BCUT2D eigenvalue weighted by Crippen LogP contribution is -2.32. The Morgan fingerprint density at radius 2 is 2.22 bits per heavy atom. The van der Waals surface area contributed by atoms with E-state index in [0.29, 0.717) is 29.9 Å². The van der Waals surface area contributed by atoms with Gasteiger partial charge in [-0.25, -0.2) is 14.4 Å². The summed E-state index contributed by atoms with van der Waals surface area (Å²) in [4.78, 5) is 8.16. The van der Waals surface area contributed by atoms with Gasteiger partial charge in [-0.2, -0.15) is 0 Å². The summed E-state index contributed by atoms with van der Waals surface area (Å²) in [6.07, 6.45) is 0.827. The largest absolute Gasteiger partial charge is 0.388 e. The lowest BCUT2D eigenvalue weighted by atomic mass is 10.2. The Hall–Kier alpha value is -1.79. The summed E-state index contributed by atoms with van der Waals surface area (Å²) >= 11 is 0. The van der Waals surface area contributed by atoms with E-state index >= 15 is 0 Å². The van der Waals surface area contributed by atoms with Crippen LogP contribution in [0.4, 0.5) is 10.2 Å². The lowest BCUT2D eigenvalue weighted by Gasteiger charge is -2.16. The lowest BCUT2D eigenvalue weighted by molar-refractivity contribution is 0.125. The van der Waals surface area contributed by atoms with Crippen LogP contribution in [0.25, 0.3) is 10.9 Å². The normalized spacial score (nSPS) is 23.4. The molecule has 1 aromatic carbocycles. The van der Waals surface area contributed by atoms with Crippen LogP contribution in [0.3, 0.4) is 0 Å². The van der Waals surface area contributed by atoms with Crippen molar-refractivity contribution in [3.05, 3.63) is 30.3 Å². The number of hydrogen-bond donors (Lipinski definition) is 2. The summed E-state index contributed by atoms with van der Waals surface area (Å²) in [5.41, 5.74) is 0.655. The first kappa shape index (κ1) is 11.3. The Bertz CT molecular complexity index is 578. The van der Waals surface area contributed by atoms with Gasteiger partial charge >= 0.3 is 0 Å². The zero-order valence-electron chi connectivity index (χ0n) is 9.51. The minimum Gasteiger partial charge on any atom is -0.388 e. The maximum absolute atomic E-state index is 13.2. The fourth-order valence-electron chi connectivity index (χ4n) is 2.00. The molecule has 1 aliphatic rings. The number of aliphatic hydroxyl groups excluding tert-OH is 1. The predicted molar refractivity (Wildman–Crippen MR) is 63.7 cm³/mol. The third-order valence-corrected chi connectivity index (χ3v) is 2.97. The van der Waals surface area contributed by atoms with Crippen molar-refractivity contribution in [3.8, 4) is 0 Å². The standard InChI is InChI=1S/C12H12FN3O2/c13-7-1-2-9-8(3-7)12(15-6-14-9)16-10-4-18-5-11(10)17/h1-3,6,10-11,17H,4-5H2,(H,14,15,16)/t10-,11-/m1/s1. The number of benzene rings is 1. The van der Waals surface area contributed by atoms with Gasteiger partial charge in [-0.1, -0.05) is 0 Å². The second-order valence-corrected chi connectivity index (χ2v) is 4.24. The molecule has 1 saturated heterocycles. The fourth-order valence-corrected chi connectivity index (χ4v) is 2.00. The van der Waals surface area contributed by atoms with E-state index in [1.54, 1.807) is 6.07 Å². The first-order valence-corrected chi connectivity index (χ1v) is 5.66. The van der Waals surface area contributed by atoms with Crippen molar-refractivity contribution in [2.24, 2.45) is 0 Å². The van der Waals surface area contributed by atoms with Crippen LogP contribution in [0, 0.1) is 5.82 Å². The number of hydrogen-bond acceptors (Lipinski definition) is 5. The molecule has 0 unspecified atom stereocenters. The number of nitrogens with one attached hydrogen (secondary N) is 1. The van der Waals surface area contributed by atoms with E-state index in [0.717, 1.165) is 0 Å². The molecule has 0 aliphatic carbocycles. The fraction of sp³-hybridized carbons (Fsp3) is 0.333. The van der Waals surface area contributed by atoms with Crippen molar-refractivity contribution in [1.82, 2.24) is 9.97 Å². The second-order valence-electron chi connectivity index (χ2n) is 4.24.